The Morgan fingerprint density at radius 2 is 0.786 bits per heavy atom. The van der Waals surface area contributed by atoms with E-state index in [1.807, 2.05) is 48.5 Å². The first-order chi connectivity index (χ1) is 27.8. The third-order valence-corrected chi connectivity index (χ3v) is 10.7. The van der Waals surface area contributed by atoms with Crippen molar-refractivity contribution in [3.63, 3.8) is 0 Å². The molecule has 0 N–H and O–H groups in total. The number of para-hydroxylation sites is 2. The van der Waals surface area contributed by atoms with Crippen LogP contribution in [0.5, 0.6) is 11.5 Å². The Kier molecular flexibility index (Phi) is 8.34. The second kappa shape index (κ2) is 14.1. The highest BCUT2D eigenvalue weighted by Crippen LogP contribution is 2.57. The summed E-state index contributed by atoms with van der Waals surface area (Å²) in [5.74, 6) is 3.49. The monoisotopic (exact) mass is 717 g/mol. The summed E-state index contributed by atoms with van der Waals surface area (Å²) in [5, 5.41) is 0. The highest BCUT2D eigenvalue weighted by atomic mass is 16.5. The predicted molar refractivity (Wildman–Crippen MR) is 225 cm³/mol. The van der Waals surface area contributed by atoms with Crippen LogP contribution in [-0.2, 0) is 5.41 Å². The minimum absolute atomic E-state index is 0.595. The van der Waals surface area contributed by atoms with E-state index in [-0.39, 0.29) is 0 Å². The van der Waals surface area contributed by atoms with Gasteiger partial charge in [0.15, 0.2) is 17.5 Å². The minimum atomic E-state index is -0.611. The minimum Gasteiger partial charge on any atom is -0.456 e. The zero-order valence-electron chi connectivity index (χ0n) is 30.5. The van der Waals surface area contributed by atoms with Crippen LogP contribution in [0.15, 0.2) is 212 Å². The van der Waals surface area contributed by atoms with Crippen LogP contribution in [0.1, 0.15) is 22.3 Å². The largest absolute Gasteiger partial charge is 0.456 e. The number of fused-ring (bicyclic) bond motifs is 2. The third kappa shape index (κ3) is 5.67. The van der Waals surface area contributed by atoms with Crippen LogP contribution < -0.4 is 4.74 Å². The average molecular weight is 718 g/mol. The number of rotatable bonds is 7. The fraction of sp³-hybridized carbons (Fsp3) is 0.0192. The Balaban J connectivity index is 1.16. The molecule has 0 bridgehead atoms. The Morgan fingerprint density at radius 3 is 1.48 bits per heavy atom. The topological polar surface area (TPSA) is 47.9 Å². The molecule has 2 heterocycles. The summed E-state index contributed by atoms with van der Waals surface area (Å²) in [4.78, 5) is 15.4. The first kappa shape index (κ1) is 33.2. The summed E-state index contributed by atoms with van der Waals surface area (Å²) >= 11 is 0. The number of ether oxygens (including phenoxy) is 1. The Labute approximate surface area is 326 Å². The quantitative estimate of drug-likeness (QED) is 0.165. The maximum atomic E-state index is 6.97. The molecule has 9 aromatic rings. The van der Waals surface area contributed by atoms with E-state index in [0.717, 1.165) is 61.6 Å². The molecule has 0 aliphatic carbocycles. The SMILES string of the molecule is c1ccc(-c2nc(-c3cccc(-c4cccc5c4Oc4ccccc4C5(c4ccccc4)c4ccccc4)c3)nc(-c3ccccc3-c3ccccc3)n2)cc1. The molecular weight excluding hydrogens is 683 g/mol. The van der Waals surface area contributed by atoms with Gasteiger partial charge in [-0.25, -0.2) is 15.0 Å². The summed E-state index contributed by atoms with van der Waals surface area (Å²) in [6.07, 6.45) is 0. The molecular formula is C52H35N3O. The van der Waals surface area contributed by atoms with E-state index in [1.54, 1.807) is 0 Å². The van der Waals surface area contributed by atoms with E-state index in [4.69, 9.17) is 19.7 Å². The van der Waals surface area contributed by atoms with E-state index in [2.05, 4.69) is 164 Å². The molecule has 0 amide bonds. The molecule has 1 aliphatic rings. The molecule has 4 nitrogen and oxygen atoms in total. The smallest absolute Gasteiger partial charge is 0.164 e. The summed E-state index contributed by atoms with van der Waals surface area (Å²) in [6, 6.07) is 73.7. The van der Waals surface area contributed by atoms with Crippen LogP contribution in [0.25, 0.3) is 56.4 Å². The van der Waals surface area contributed by atoms with Gasteiger partial charge in [0.1, 0.15) is 11.5 Å². The summed E-state index contributed by atoms with van der Waals surface area (Å²) in [7, 11) is 0. The van der Waals surface area contributed by atoms with E-state index >= 15 is 0 Å². The lowest BCUT2D eigenvalue weighted by Crippen LogP contribution is -2.34. The van der Waals surface area contributed by atoms with Gasteiger partial charge in [0.05, 0.1) is 5.41 Å². The summed E-state index contributed by atoms with van der Waals surface area (Å²) in [5.41, 5.74) is 10.8. The van der Waals surface area contributed by atoms with Crippen molar-refractivity contribution in [3.05, 3.63) is 235 Å². The zero-order chi connectivity index (χ0) is 37.3. The van der Waals surface area contributed by atoms with Crippen LogP contribution in [0.2, 0.25) is 0 Å². The van der Waals surface area contributed by atoms with E-state index in [0.29, 0.717) is 17.5 Å². The van der Waals surface area contributed by atoms with Crippen molar-refractivity contribution in [3.8, 4) is 67.9 Å². The van der Waals surface area contributed by atoms with E-state index in [9.17, 15) is 0 Å². The van der Waals surface area contributed by atoms with Gasteiger partial charge >= 0.3 is 0 Å². The molecule has 0 spiro atoms. The molecule has 0 saturated heterocycles. The van der Waals surface area contributed by atoms with Gasteiger partial charge in [-0.15, -0.1) is 0 Å². The number of aromatic nitrogens is 3. The fourth-order valence-corrected chi connectivity index (χ4v) is 8.17. The average Bonchev–Trinajstić information content (AvgIpc) is 3.29. The third-order valence-electron chi connectivity index (χ3n) is 10.7. The highest BCUT2D eigenvalue weighted by molar-refractivity contribution is 5.84. The van der Waals surface area contributed by atoms with E-state index < -0.39 is 5.41 Å². The molecule has 8 aromatic carbocycles. The number of benzene rings is 8. The van der Waals surface area contributed by atoms with Crippen molar-refractivity contribution in [1.82, 2.24) is 15.0 Å². The summed E-state index contributed by atoms with van der Waals surface area (Å²) < 4.78 is 6.97. The molecule has 0 unspecified atom stereocenters. The molecule has 0 fully saturated rings. The van der Waals surface area contributed by atoms with Crippen LogP contribution in [-0.4, -0.2) is 15.0 Å². The van der Waals surface area contributed by atoms with Crippen molar-refractivity contribution < 1.29 is 4.74 Å². The van der Waals surface area contributed by atoms with Crippen molar-refractivity contribution >= 4 is 0 Å². The van der Waals surface area contributed by atoms with Crippen LogP contribution in [0.3, 0.4) is 0 Å². The van der Waals surface area contributed by atoms with Gasteiger partial charge in [0.25, 0.3) is 0 Å². The second-order valence-electron chi connectivity index (χ2n) is 13.9. The predicted octanol–water partition coefficient (Wildman–Crippen LogP) is 12.7. The molecule has 0 saturated carbocycles. The van der Waals surface area contributed by atoms with Gasteiger partial charge in [-0.2, -0.15) is 0 Å². The normalized spacial score (nSPS) is 12.6. The molecule has 1 aromatic heterocycles. The van der Waals surface area contributed by atoms with Gasteiger partial charge in [-0.05, 0) is 39.9 Å². The number of hydrogen-bond acceptors (Lipinski definition) is 4. The molecule has 0 radical (unpaired) electrons. The van der Waals surface area contributed by atoms with Gasteiger partial charge in [0, 0.05) is 33.4 Å². The molecule has 1 aliphatic heterocycles. The first-order valence-electron chi connectivity index (χ1n) is 18.9. The zero-order valence-corrected chi connectivity index (χ0v) is 30.5. The molecule has 0 atom stereocenters. The van der Waals surface area contributed by atoms with Crippen LogP contribution in [0, 0.1) is 0 Å². The Hall–Kier alpha value is -7.43. The van der Waals surface area contributed by atoms with Gasteiger partial charge in [-0.3, -0.25) is 0 Å². The van der Waals surface area contributed by atoms with Gasteiger partial charge in [-0.1, -0.05) is 200 Å². The van der Waals surface area contributed by atoms with Crippen LogP contribution >= 0.6 is 0 Å². The Morgan fingerprint density at radius 1 is 0.321 bits per heavy atom. The fourth-order valence-electron chi connectivity index (χ4n) is 8.17. The Bertz CT molecular complexity index is 2780. The van der Waals surface area contributed by atoms with Gasteiger partial charge < -0.3 is 4.74 Å². The lowest BCUT2D eigenvalue weighted by Gasteiger charge is -2.42. The van der Waals surface area contributed by atoms with Crippen LogP contribution in [0.4, 0.5) is 0 Å². The van der Waals surface area contributed by atoms with Crippen molar-refractivity contribution in [2.75, 3.05) is 0 Å². The maximum Gasteiger partial charge on any atom is 0.164 e. The van der Waals surface area contributed by atoms with Crippen molar-refractivity contribution in [2.24, 2.45) is 0 Å². The number of hydrogen-bond donors (Lipinski definition) is 0. The summed E-state index contributed by atoms with van der Waals surface area (Å²) in [6.45, 7) is 0. The highest BCUT2D eigenvalue weighted by Gasteiger charge is 2.45. The lowest BCUT2D eigenvalue weighted by atomic mass is 9.63. The molecule has 264 valence electrons. The molecule has 56 heavy (non-hydrogen) atoms. The molecule has 10 rings (SSSR count). The van der Waals surface area contributed by atoms with Crippen molar-refractivity contribution in [2.45, 2.75) is 5.41 Å². The standard InChI is InChI=1S/C52H35N3O/c1-5-19-36(20-6-1)42-29-13-14-30-44(42)51-54-49(37-21-7-2-8-22-37)53-50(55-51)39-24-17-23-38(35-39)43-31-18-33-46-48(43)56-47-34-16-15-32-45(47)52(46,40-25-9-3-10-26-40)41-27-11-4-12-28-41/h1-35H. The molecule has 4 heteroatoms. The lowest BCUT2D eigenvalue weighted by molar-refractivity contribution is 0.436. The second-order valence-corrected chi connectivity index (χ2v) is 13.9. The number of nitrogens with zero attached hydrogens (tertiary/aromatic N) is 3. The van der Waals surface area contributed by atoms with E-state index in [1.165, 1.54) is 11.1 Å². The van der Waals surface area contributed by atoms with Crippen molar-refractivity contribution in [1.29, 1.82) is 0 Å². The van der Waals surface area contributed by atoms with Gasteiger partial charge in [0.2, 0.25) is 0 Å². The maximum absolute atomic E-state index is 6.97. The first-order valence-corrected chi connectivity index (χ1v) is 18.9.